The number of rotatable bonds is 6. The van der Waals surface area contributed by atoms with Crippen LogP contribution in [-0.2, 0) is 11.2 Å². The molecule has 247 valence electrons. The van der Waals surface area contributed by atoms with E-state index >= 15 is 0 Å². The molecule has 0 bridgehead atoms. The average molecular weight is 741 g/mol. The van der Waals surface area contributed by atoms with Crippen molar-refractivity contribution < 1.29 is 30.1 Å². The van der Waals surface area contributed by atoms with Crippen molar-refractivity contribution in [3.05, 3.63) is 133 Å². The molecule has 0 amide bonds. The Hall–Kier alpha value is -4.09. The summed E-state index contributed by atoms with van der Waals surface area (Å²) in [6.07, 6.45) is 0. The third-order valence-corrected chi connectivity index (χ3v) is 7.94. The van der Waals surface area contributed by atoms with E-state index < -0.39 is 11.2 Å². The maximum atomic E-state index is 5.40. The van der Waals surface area contributed by atoms with Gasteiger partial charge in [0.05, 0.1) is 28.4 Å². The molecular formula is C40H34Cl3FeO4. The molecule has 7 rings (SSSR count). The molecular weight excluding hydrogens is 707 g/mol. The second-order valence-electron chi connectivity index (χ2n) is 10.5. The van der Waals surface area contributed by atoms with E-state index in [4.69, 9.17) is 49.2 Å². The molecule has 7 aromatic rings. The van der Waals surface area contributed by atoms with E-state index in [1.54, 1.807) is 28.4 Å². The van der Waals surface area contributed by atoms with Crippen LogP contribution in [-0.4, -0.2) is 28.4 Å². The van der Waals surface area contributed by atoms with Gasteiger partial charge in [0, 0.05) is 0 Å². The number of halogens is 3. The molecule has 0 aromatic heterocycles. The molecule has 0 N–H and O–H groups in total. The van der Waals surface area contributed by atoms with Gasteiger partial charge in [-0.3, -0.25) is 0 Å². The van der Waals surface area contributed by atoms with E-state index in [2.05, 4.69) is 97.1 Å². The van der Waals surface area contributed by atoms with Crippen molar-refractivity contribution in [1.29, 1.82) is 0 Å². The Kier molecular flexibility index (Phi) is 12.4. The van der Waals surface area contributed by atoms with Crippen LogP contribution in [0.4, 0.5) is 0 Å². The van der Waals surface area contributed by atoms with E-state index in [1.807, 2.05) is 36.4 Å². The summed E-state index contributed by atoms with van der Waals surface area (Å²) in [7, 11) is 21.4. The van der Waals surface area contributed by atoms with Crippen molar-refractivity contribution in [1.82, 2.24) is 0 Å². The van der Waals surface area contributed by atoms with Crippen LogP contribution in [0.25, 0.3) is 54.6 Å². The quantitative estimate of drug-likeness (QED) is 0.126. The van der Waals surface area contributed by atoms with Crippen molar-refractivity contribution in [2.24, 2.45) is 0 Å². The number of benzene rings is 7. The standard InChI is InChI=1S/C20H16O2.C20H18O2.3ClH.Fe/c1-21-13-7-9-17-18-10-8-14(22-2)12-20(18)16-6-4-3-5-15(16)19(17)11-13;1-21-17-9-5-7-15(13-17)19-11-3-4-12-20(19)16-8-6-10-18(14-16)22-2;;;;/h3-12H,1-2H3;3-14H,1-2H3;3*1H;/q;;;;;+3/p-3. The van der Waals surface area contributed by atoms with Crippen molar-refractivity contribution >= 4 is 62.6 Å². The first-order chi connectivity index (χ1) is 23.4. The Bertz CT molecular complexity index is 1980. The summed E-state index contributed by atoms with van der Waals surface area (Å²) >= 11 is -1.33. The monoisotopic (exact) mass is 739 g/mol. The molecule has 0 atom stereocenters. The minimum absolute atomic E-state index is 0.859. The third kappa shape index (κ3) is 8.30. The van der Waals surface area contributed by atoms with Gasteiger partial charge in [0.2, 0.25) is 0 Å². The fourth-order valence-corrected chi connectivity index (χ4v) is 5.74. The Balaban J connectivity index is 0.000000169. The van der Waals surface area contributed by atoms with Gasteiger partial charge in [0.1, 0.15) is 23.0 Å². The number of methoxy groups -OCH3 is 4. The predicted molar refractivity (Wildman–Crippen MR) is 200 cm³/mol. The molecule has 0 heterocycles. The summed E-state index contributed by atoms with van der Waals surface area (Å²) in [5, 5.41) is 7.36. The summed E-state index contributed by atoms with van der Waals surface area (Å²) in [5.74, 6) is 3.48. The number of fused-ring (bicyclic) bond motifs is 6. The molecule has 0 radical (unpaired) electrons. The Labute approximate surface area is 298 Å². The van der Waals surface area contributed by atoms with E-state index in [0.717, 1.165) is 34.1 Å². The Morgan fingerprint density at radius 2 is 0.688 bits per heavy atom. The van der Waals surface area contributed by atoms with Gasteiger partial charge in [-0.15, -0.1) is 0 Å². The zero-order chi connectivity index (χ0) is 34.0. The Morgan fingerprint density at radius 3 is 1.06 bits per heavy atom. The summed E-state index contributed by atoms with van der Waals surface area (Å²) in [5.41, 5.74) is 4.62. The second-order valence-corrected chi connectivity index (χ2v) is 16.0. The van der Waals surface area contributed by atoms with Gasteiger partial charge in [0.25, 0.3) is 0 Å². The van der Waals surface area contributed by atoms with Crippen molar-refractivity contribution in [3.63, 3.8) is 0 Å². The van der Waals surface area contributed by atoms with Crippen LogP contribution in [0.2, 0.25) is 0 Å². The third-order valence-electron chi connectivity index (χ3n) is 7.94. The van der Waals surface area contributed by atoms with Crippen LogP contribution < -0.4 is 18.9 Å². The molecule has 48 heavy (non-hydrogen) atoms. The van der Waals surface area contributed by atoms with Crippen LogP contribution in [0.3, 0.4) is 0 Å². The summed E-state index contributed by atoms with van der Waals surface area (Å²) in [4.78, 5) is 0. The van der Waals surface area contributed by atoms with Crippen LogP contribution in [0.1, 0.15) is 0 Å². The SMILES string of the molecule is COc1ccc2c3ccc(OC)cc3c3ccccc3c2c1.COc1cccc(-c2ccccc2-c2cccc(OC)c2)c1.[Cl][Fe]([Cl])[Cl]. The topological polar surface area (TPSA) is 36.9 Å². The normalized spacial score (nSPS) is 10.8. The van der Waals surface area contributed by atoms with Gasteiger partial charge in [-0.1, -0.05) is 84.9 Å². The second kappa shape index (κ2) is 16.8. The molecule has 0 aliphatic rings. The Morgan fingerprint density at radius 1 is 0.354 bits per heavy atom. The zero-order valence-corrected chi connectivity index (χ0v) is 30.2. The molecule has 0 saturated carbocycles. The van der Waals surface area contributed by atoms with Gasteiger partial charge < -0.3 is 18.9 Å². The first-order valence-electron chi connectivity index (χ1n) is 14.9. The van der Waals surface area contributed by atoms with Gasteiger partial charge in [-0.2, -0.15) is 0 Å². The van der Waals surface area contributed by atoms with E-state index in [0.29, 0.717) is 0 Å². The summed E-state index contributed by atoms with van der Waals surface area (Å²) < 4.78 is 21.5. The molecule has 0 spiro atoms. The van der Waals surface area contributed by atoms with Crippen LogP contribution in [0, 0.1) is 0 Å². The van der Waals surface area contributed by atoms with Gasteiger partial charge in [-0.05, 0) is 103 Å². The molecule has 8 heteroatoms. The molecule has 0 fully saturated rings. The molecule has 0 saturated heterocycles. The fourth-order valence-electron chi connectivity index (χ4n) is 5.74. The van der Waals surface area contributed by atoms with Gasteiger partial charge in [-0.25, -0.2) is 0 Å². The molecule has 4 nitrogen and oxygen atoms in total. The minimum atomic E-state index is -1.33. The average Bonchev–Trinajstić information content (AvgIpc) is 3.14. The number of hydrogen-bond donors (Lipinski definition) is 0. The van der Waals surface area contributed by atoms with Crippen molar-refractivity contribution in [2.45, 2.75) is 0 Å². The van der Waals surface area contributed by atoms with Crippen molar-refractivity contribution in [2.75, 3.05) is 28.4 Å². The molecule has 0 aliphatic heterocycles. The molecule has 0 unspecified atom stereocenters. The van der Waals surface area contributed by atoms with Crippen LogP contribution in [0.5, 0.6) is 23.0 Å². The van der Waals surface area contributed by atoms with Crippen LogP contribution >= 0.6 is 30.3 Å². The molecule has 7 aromatic carbocycles. The van der Waals surface area contributed by atoms with E-state index in [1.165, 1.54) is 43.4 Å². The maximum absolute atomic E-state index is 5.40. The zero-order valence-electron chi connectivity index (χ0n) is 26.8. The number of ether oxygens (including phenoxy) is 4. The van der Waals surface area contributed by atoms with Gasteiger partial charge in [0.15, 0.2) is 0 Å². The first kappa shape index (κ1) is 35.2. The summed E-state index contributed by atoms with van der Waals surface area (Å²) in [6.45, 7) is 0. The first-order valence-corrected chi connectivity index (χ1v) is 19.4. The fraction of sp³-hybridized carbons (Fsp3) is 0.100. The van der Waals surface area contributed by atoms with Crippen LogP contribution in [0.15, 0.2) is 133 Å². The van der Waals surface area contributed by atoms with E-state index in [9.17, 15) is 0 Å². The predicted octanol–water partition coefficient (Wildman–Crippen LogP) is 12.3. The van der Waals surface area contributed by atoms with Gasteiger partial charge >= 0.3 is 41.5 Å². The summed E-state index contributed by atoms with van der Waals surface area (Å²) in [6, 6.07) is 45.6. The number of hydrogen-bond acceptors (Lipinski definition) is 4. The van der Waals surface area contributed by atoms with Crippen molar-refractivity contribution in [3.8, 4) is 45.3 Å². The van der Waals surface area contributed by atoms with E-state index in [-0.39, 0.29) is 0 Å². The molecule has 0 aliphatic carbocycles.